The zero-order chi connectivity index (χ0) is 13.7. The maximum atomic E-state index is 12.1. The molecule has 0 fully saturated rings. The first-order chi connectivity index (χ1) is 8.40. The van der Waals surface area contributed by atoms with Gasteiger partial charge in [0.2, 0.25) is 5.91 Å². The summed E-state index contributed by atoms with van der Waals surface area (Å²) in [4.78, 5) is 13.9. The van der Waals surface area contributed by atoms with E-state index < -0.39 is 0 Å². The summed E-state index contributed by atoms with van der Waals surface area (Å²) in [6.07, 6.45) is 1.34. The molecular weight excluding hydrogens is 226 g/mol. The smallest absolute Gasteiger partial charge is 0.226 e. The van der Waals surface area contributed by atoms with E-state index in [1.165, 1.54) is 0 Å². The average Bonchev–Trinajstić information content (AvgIpc) is 2.27. The molecule has 1 aromatic rings. The largest absolute Gasteiger partial charge is 0.508 e. The Balaban J connectivity index is 2.59. The molecule has 0 aliphatic carbocycles. The fourth-order valence-electron chi connectivity index (χ4n) is 2.05. The van der Waals surface area contributed by atoms with E-state index in [1.54, 1.807) is 23.1 Å². The molecule has 0 radical (unpaired) electrons. The van der Waals surface area contributed by atoms with Crippen LogP contribution in [0, 0.1) is 5.92 Å². The van der Waals surface area contributed by atoms with Gasteiger partial charge in [-0.05, 0) is 37.0 Å². The van der Waals surface area contributed by atoms with Crippen LogP contribution < -0.4 is 0 Å². The van der Waals surface area contributed by atoms with Gasteiger partial charge in [0, 0.05) is 13.1 Å². The van der Waals surface area contributed by atoms with E-state index in [4.69, 9.17) is 0 Å². The summed E-state index contributed by atoms with van der Waals surface area (Å²) in [7, 11) is 1.85. The van der Waals surface area contributed by atoms with Crippen molar-refractivity contribution in [1.29, 1.82) is 0 Å². The Kier molecular flexibility index (Phi) is 5.20. The summed E-state index contributed by atoms with van der Waals surface area (Å²) in [6.45, 7) is 6.38. The number of phenolic OH excluding ortho intramolecular Hbond substituents is 1. The van der Waals surface area contributed by atoms with E-state index in [9.17, 15) is 9.90 Å². The van der Waals surface area contributed by atoms with E-state index >= 15 is 0 Å². The molecule has 100 valence electrons. The lowest BCUT2D eigenvalue weighted by Gasteiger charge is -2.26. The predicted molar refractivity (Wildman–Crippen MR) is 73.5 cm³/mol. The summed E-state index contributed by atoms with van der Waals surface area (Å²) in [6, 6.07) is 7.11. The van der Waals surface area contributed by atoms with Gasteiger partial charge in [0.15, 0.2) is 0 Å². The van der Waals surface area contributed by atoms with Crippen molar-refractivity contribution in [2.45, 2.75) is 39.7 Å². The zero-order valence-electron chi connectivity index (χ0n) is 11.7. The molecule has 0 saturated heterocycles. The standard InChI is InChI=1S/C15H23NO2/c1-11(2)8-12(3)16(4)15(18)10-13-6-5-7-14(17)9-13/h5-7,9,11-12,17H,8,10H2,1-4H3/t12-/m1/s1. The highest BCUT2D eigenvalue weighted by Crippen LogP contribution is 2.14. The number of rotatable bonds is 5. The molecule has 0 aliphatic rings. The average molecular weight is 249 g/mol. The first-order valence-electron chi connectivity index (χ1n) is 6.43. The Bertz CT molecular complexity index is 401. The van der Waals surface area contributed by atoms with Crippen molar-refractivity contribution in [2.24, 2.45) is 5.92 Å². The van der Waals surface area contributed by atoms with E-state index in [-0.39, 0.29) is 17.7 Å². The molecule has 0 aromatic heterocycles. The maximum absolute atomic E-state index is 12.1. The van der Waals surface area contributed by atoms with E-state index in [0.717, 1.165) is 12.0 Å². The van der Waals surface area contributed by atoms with Gasteiger partial charge in [-0.1, -0.05) is 26.0 Å². The number of amides is 1. The molecule has 1 aromatic carbocycles. The third-order valence-corrected chi connectivity index (χ3v) is 3.13. The second-order valence-corrected chi connectivity index (χ2v) is 5.33. The molecular formula is C15H23NO2. The van der Waals surface area contributed by atoms with E-state index in [1.807, 2.05) is 13.1 Å². The SMILES string of the molecule is CC(C)C[C@@H](C)N(C)C(=O)Cc1cccc(O)c1. The van der Waals surface area contributed by atoms with Crippen LogP contribution in [-0.4, -0.2) is 29.0 Å². The number of hydrogen-bond donors (Lipinski definition) is 1. The van der Waals surface area contributed by atoms with Gasteiger partial charge in [-0.25, -0.2) is 0 Å². The molecule has 0 saturated carbocycles. The van der Waals surface area contributed by atoms with Crippen LogP contribution >= 0.6 is 0 Å². The topological polar surface area (TPSA) is 40.5 Å². The molecule has 1 rings (SSSR count). The lowest BCUT2D eigenvalue weighted by Crippen LogP contribution is -2.36. The zero-order valence-corrected chi connectivity index (χ0v) is 11.7. The van der Waals surface area contributed by atoms with Crippen LogP contribution in [-0.2, 0) is 11.2 Å². The van der Waals surface area contributed by atoms with Crippen LogP contribution in [0.25, 0.3) is 0 Å². The number of carbonyl (C=O) groups excluding carboxylic acids is 1. The van der Waals surface area contributed by atoms with Crippen LogP contribution in [0.2, 0.25) is 0 Å². The number of hydrogen-bond acceptors (Lipinski definition) is 2. The third-order valence-electron chi connectivity index (χ3n) is 3.13. The fourth-order valence-corrected chi connectivity index (χ4v) is 2.05. The fraction of sp³-hybridized carbons (Fsp3) is 0.533. The van der Waals surface area contributed by atoms with Crippen molar-refractivity contribution >= 4 is 5.91 Å². The molecule has 0 heterocycles. The second kappa shape index (κ2) is 6.43. The molecule has 0 bridgehead atoms. The van der Waals surface area contributed by atoms with Crippen LogP contribution in [0.5, 0.6) is 5.75 Å². The highest BCUT2D eigenvalue weighted by atomic mass is 16.3. The molecule has 3 heteroatoms. The van der Waals surface area contributed by atoms with Crippen LogP contribution in [0.15, 0.2) is 24.3 Å². The minimum atomic E-state index is 0.0914. The van der Waals surface area contributed by atoms with E-state index in [0.29, 0.717) is 12.3 Å². The van der Waals surface area contributed by atoms with Gasteiger partial charge >= 0.3 is 0 Å². The molecule has 18 heavy (non-hydrogen) atoms. The number of aromatic hydroxyl groups is 1. The first kappa shape index (κ1) is 14.6. The lowest BCUT2D eigenvalue weighted by atomic mass is 10.0. The quantitative estimate of drug-likeness (QED) is 0.871. The minimum absolute atomic E-state index is 0.0914. The van der Waals surface area contributed by atoms with Crippen molar-refractivity contribution < 1.29 is 9.90 Å². The van der Waals surface area contributed by atoms with Gasteiger partial charge in [-0.15, -0.1) is 0 Å². The molecule has 1 N–H and O–H groups in total. The first-order valence-corrected chi connectivity index (χ1v) is 6.43. The Morgan fingerprint density at radius 3 is 2.56 bits per heavy atom. The van der Waals surface area contributed by atoms with Gasteiger partial charge in [-0.2, -0.15) is 0 Å². The van der Waals surface area contributed by atoms with Gasteiger partial charge in [0.25, 0.3) is 0 Å². The normalized spacial score (nSPS) is 12.5. The van der Waals surface area contributed by atoms with Crippen LogP contribution in [0.3, 0.4) is 0 Å². The number of likely N-dealkylation sites (N-methyl/N-ethyl adjacent to an activating group) is 1. The molecule has 1 amide bonds. The van der Waals surface area contributed by atoms with Crippen molar-refractivity contribution in [1.82, 2.24) is 4.90 Å². The maximum Gasteiger partial charge on any atom is 0.226 e. The Hall–Kier alpha value is -1.51. The molecule has 1 atom stereocenters. The highest BCUT2D eigenvalue weighted by Gasteiger charge is 2.17. The number of carbonyl (C=O) groups is 1. The van der Waals surface area contributed by atoms with Gasteiger partial charge in [-0.3, -0.25) is 4.79 Å². The van der Waals surface area contributed by atoms with Crippen molar-refractivity contribution in [3.63, 3.8) is 0 Å². The Morgan fingerprint density at radius 1 is 1.33 bits per heavy atom. The summed E-state index contributed by atoms with van der Waals surface area (Å²) >= 11 is 0. The summed E-state index contributed by atoms with van der Waals surface area (Å²) < 4.78 is 0. The molecule has 0 spiro atoms. The van der Waals surface area contributed by atoms with Gasteiger partial charge in [0.05, 0.1) is 6.42 Å². The summed E-state index contributed by atoms with van der Waals surface area (Å²) in [5, 5.41) is 9.37. The minimum Gasteiger partial charge on any atom is -0.508 e. The number of phenols is 1. The Labute approximate surface area is 109 Å². The molecule has 0 unspecified atom stereocenters. The van der Waals surface area contributed by atoms with Crippen molar-refractivity contribution in [2.75, 3.05) is 7.05 Å². The highest BCUT2D eigenvalue weighted by molar-refractivity contribution is 5.78. The molecule has 3 nitrogen and oxygen atoms in total. The lowest BCUT2D eigenvalue weighted by molar-refractivity contribution is -0.131. The number of nitrogens with zero attached hydrogens (tertiary/aromatic N) is 1. The van der Waals surface area contributed by atoms with Gasteiger partial charge < -0.3 is 10.0 Å². The van der Waals surface area contributed by atoms with Crippen molar-refractivity contribution in [3.05, 3.63) is 29.8 Å². The van der Waals surface area contributed by atoms with E-state index in [2.05, 4.69) is 20.8 Å². The summed E-state index contributed by atoms with van der Waals surface area (Å²) in [5.74, 6) is 0.878. The third kappa shape index (κ3) is 4.40. The van der Waals surface area contributed by atoms with Crippen LogP contribution in [0.4, 0.5) is 0 Å². The predicted octanol–water partition coefficient (Wildman–Crippen LogP) is 2.83. The Morgan fingerprint density at radius 2 is 2.00 bits per heavy atom. The number of benzene rings is 1. The molecule has 0 aliphatic heterocycles. The van der Waals surface area contributed by atoms with Crippen LogP contribution in [0.1, 0.15) is 32.8 Å². The van der Waals surface area contributed by atoms with Crippen molar-refractivity contribution in [3.8, 4) is 5.75 Å². The summed E-state index contributed by atoms with van der Waals surface area (Å²) in [5.41, 5.74) is 0.851. The monoisotopic (exact) mass is 249 g/mol. The second-order valence-electron chi connectivity index (χ2n) is 5.33. The van der Waals surface area contributed by atoms with Gasteiger partial charge in [0.1, 0.15) is 5.75 Å².